The summed E-state index contributed by atoms with van der Waals surface area (Å²) in [5, 5.41) is 6.61. The van der Waals surface area contributed by atoms with E-state index in [2.05, 4.69) is 15.6 Å². The molecule has 0 aliphatic rings. The van der Waals surface area contributed by atoms with Crippen LogP contribution in [0.5, 0.6) is 0 Å². The number of aromatic nitrogens is 1. The molecule has 5 nitrogen and oxygen atoms in total. The first-order valence-corrected chi connectivity index (χ1v) is 7.72. The van der Waals surface area contributed by atoms with Gasteiger partial charge in [-0.05, 0) is 49.2 Å². The zero-order valence-electron chi connectivity index (χ0n) is 13.9. The zero-order valence-corrected chi connectivity index (χ0v) is 13.9. The number of hydrogen-bond acceptors (Lipinski definition) is 2. The van der Waals surface area contributed by atoms with E-state index >= 15 is 0 Å². The van der Waals surface area contributed by atoms with E-state index in [1.807, 2.05) is 32.0 Å². The van der Waals surface area contributed by atoms with E-state index in [9.17, 15) is 9.59 Å². The van der Waals surface area contributed by atoms with Crippen LogP contribution in [0.25, 0.3) is 10.9 Å². The Morgan fingerprint density at radius 3 is 2.38 bits per heavy atom. The van der Waals surface area contributed by atoms with Gasteiger partial charge < -0.3 is 15.6 Å². The Kier molecular flexibility index (Phi) is 4.08. The lowest BCUT2D eigenvalue weighted by molar-refractivity contribution is -0.114. The minimum Gasteiger partial charge on any atom is -0.350 e. The Balaban J connectivity index is 1.87. The van der Waals surface area contributed by atoms with Crippen molar-refractivity contribution >= 4 is 34.1 Å². The monoisotopic (exact) mass is 321 g/mol. The molecule has 0 fully saturated rings. The van der Waals surface area contributed by atoms with Crippen molar-refractivity contribution in [3.63, 3.8) is 0 Å². The van der Waals surface area contributed by atoms with Crippen molar-refractivity contribution in [1.82, 2.24) is 4.98 Å². The van der Waals surface area contributed by atoms with E-state index in [-0.39, 0.29) is 11.8 Å². The second kappa shape index (κ2) is 6.20. The van der Waals surface area contributed by atoms with Crippen molar-refractivity contribution in [1.29, 1.82) is 0 Å². The molecule has 0 saturated heterocycles. The summed E-state index contributed by atoms with van der Waals surface area (Å²) in [7, 11) is 0. The van der Waals surface area contributed by atoms with E-state index in [0.29, 0.717) is 17.1 Å². The number of H-pyrrole nitrogens is 1. The van der Waals surface area contributed by atoms with Crippen molar-refractivity contribution in [2.75, 3.05) is 10.6 Å². The van der Waals surface area contributed by atoms with Crippen LogP contribution in [0.1, 0.15) is 28.5 Å². The van der Waals surface area contributed by atoms with Crippen LogP contribution in [0, 0.1) is 13.8 Å². The summed E-state index contributed by atoms with van der Waals surface area (Å²) in [5.74, 6) is -0.360. The van der Waals surface area contributed by atoms with Gasteiger partial charge in [-0.15, -0.1) is 0 Å². The normalized spacial score (nSPS) is 10.6. The number of nitrogens with one attached hydrogen (secondary N) is 3. The van der Waals surface area contributed by atoms with Gasteiger partial charge in [-0.2, -0.15) is 0 Å². The van der Waals surface area contributed by atoms with Crippen LogP contribution in [0.4, 0.5) is 11.4 Å². The molecule has 1 aromatic heterocycles. The summed E-state index contributed by atoms with van der Waals surface area (Å²) in [6, 6.07) is 13.1. The quantitative estimate of drug-likeness (QED) is 0.682. The topological polar surface area (TPSA) is 74.0 Å². The smallest absolute Gasteiger partial charge is 0.272 e. The van der Waals surface area contributed by atoms with Crippen LogP contribution in [0.15, 0.2) is 42.5 Å². The number of benzene rings is 2. The molecule has 0 unspecified atom stereocenters. The largest absolute Gasteiger partial charge is 0.350 e. The van der Waals surface area contributed by atoms with Gasteiger partial charge in [-0.3, -0.25) is 9.59 Å². The van der Waals surface area contributed by atoms with Gasteiger partial charge in [0.2, 0.25) is 5.91 Å². The molecule has 3 rings (SSSR count). The van der Waals surface area contributed by atoms with Crippen molar-refractivity contribution in [2.45, 2.75) is 20.8 Å². The van der Waals surface area contributed by atoms with Crippen molar-refractivity contribution in [3.8, 4) is 0 Å². The number of amides is 2. The van der Waals surface area contributed by atoms with E-state index in [1.165, 1.54) is 6.92 Å². The molecular weight excluding hydrogens is 302 g/mol. The number of hydrogen-bond donors (Lipinski definition) is 3. The lowest BCUT2D eigenvalue weighted by Crippen LogP contribution is -2.14. The fourth-order valence-electron chi connectivity index (χ4n) is 2.75. The predicted molar refractivity (Wildman–Crippen MR) is 96.5 cm³/mol. The maximum atomic E-state index is 12.6. The minimum atomic E-state index is -0.207. The molecule has 0 bridgehead atoms. The molecule has 0 atom stereocenters. The molecule has 3 aromatic rings. The van der Waals surface area contributed by atoms with Gasteiger partial charge in [0, 0.05) is 29.2 Å². The summed E-state index contributed by atoms with van der Waals surface area (Å²) in [4.78, 5) is 26.9. The first kappa shape index (κ1) is 15.8. The fourth-order valence-corrected chi connectivity index (χ4v) is 2.75. The molecule has 0 saturated carbocycles. The maximum absolute atomic E-state index is 12.6. The van der Waals surface area contributed by atoms with E-state index in [1.54, 1.807) is 24.3 Å². The number of fused-ring (bicyclic) bond motifs is 1. The lowest BCUT2D eigenvalue weighted by Gasteiger charge is -2.07. The summed E-state index contributed by atoms with van der Waals surface area (Å²) in [6.07, 6.45) is 0. The second-order valence-electron chi connectivity index (χ2n) is 5.89. The van der Waals surface area contributed by atoms with Crippen LogP contribution in [-0.4, -0.2) is 16.8 Å². The van der Waals surface area contributed by atoms with Crippen LogP contribution >= 0.6 is 0 Å². The van der Waals surface area contributed by atoms with Crippen LogP contribution in [-0.2, 0) is 4.79 Å². The van der Waals surface area contributed by atoms with E-state index < -0.39 is 0 Å². The van der Waals surface area contributed by atoms with Crippen molar-refractivity contribution in [3.05, 3.63) is 59.3 Å². The first-order valence-electron chi connectivity index (χ1n) is 7.72. The van der Waals surface area contributed by atoms with Gasteiger partial charge in [0.1, 0.15) is 5.69 Å². The molecule has 3 N–H and O–H groups in total. The van der Waals surface area contributed by atoms with Gasteiger partial charge >= 0.3 is 0 Å². The molecule has 5 heteroatoms. The van der Waals surface area contributed by atoms with Crippen LogP contribution in [0.2, 0.25) is 0 Å². The average Bonchev–Trinajstić information content (AvgIpc) is 2.83. The molecule has 2 aromatic carbocycles. The fraction of sp³-hybridized carbons (Fsp3) is 0.158. The highest BCUT2D eigenvalue weighted by Crippen LogP contribution is 2.24. The number of carbonyl (C=O) groups excluding carboxylic acids is 2. The third-order valence-electron chi connectivity index (χ3n) is 3.88. The van der Waals surface area contributed by atoms with Crippen LogP contribution < -0.4 is 10.6 Å². The summed E-state index contributed by atoms with van der Waals surface area (Å²) >= 11 is 0. The standard InChI is InChI=1S/C19H19N3O2/c1-11-7-8-16-12(2)18(22-17(16)9-11)19(24)21-15-6-4-5-14(10-15)20-13(3)23/h4-10,22H,1-3H3,(H,20,23)(H,21,24). The SMILES string of the molecule is CC(=O)Nc1cccc(NC(=O)c2[nH]c3cc(C)ccc3c2C)c1. The Labute approximate surface area is 140 Å². The minimum absolute atomic E-state index is 0.152. The van der Waals surface area contributed by atoms with E-state index in [4.69, 9.17) is 0 Å². The average molecular weight is 321 g/mol. The summed E-state index contributed by atoms with van der Waals surface area (Å²) in [6.45, 7) is 5.39. The van der Waals surface area contributed by atoms with Gasteiger partial charge in [0.15, 0.2) is 0 Å². The summed E-state index contributed by atoms with van der Waals surface area (Å²) < 4.78 is 0. The van der Waals surface area contributed by atoms with Gasteiger partial charge in [0.25, 0.3) is 5.91 Å². The summed E-state index contributed by atoms with van der Waals surface area (Å²) in [5.41, 5.74) is 4.81. The number of anilines is 2. The number of aryl methyl sites for hydroxylation is 2. The Bertz CT molecular complexity index is 941. The van der Waals surface area contributed by atoms with E-state index in [0.717, 1.165) is 22.0 Å². The maximum Gasteiger partial charge on any atom is 0.272 e. The Hall–Kier alpha value is -3.08. The lowest BCUT2D eigenvalue weighted by atomic mass is 10.1. The third kappa shape index (κ3) is 3.15. The molecule has 2 amide bonds. The highest BCUT2D eigenvalue weighted by Gasteiger charge is 2.15. The molecule has 0 aliphatic heterocycles. The predicted octanol–water partition coefficient (Wildman–Crippen LogP) is 4.00. The zero-order chi connectivity index (χ0) is 17.3. The molecular formula is C19H19N3O2. The highest BCUT2D eigenvalue weighted by molar-refractivity contribution is 6.08. The molecule has 24 heavy (non-hydrogen) atoms. The molecule has 122 valence electrons. The van der Waals surface area contributed by atoms with Gasteiger partial charge in [-0.1, -0.05) is 18.2 Å². The first-order chi connectivity index (χ1) is 11.4. The molecule has 0 spiro atoms. The van der Waals surface area contributed by atoms with Crippen molar-refractivity contribution in [2.24, 2.45) is 0 Å². The molecule has 1 heterocycles. The van der Waals surface area contributed by atoms with Gasteiger partial charge in [0.05, 0.1) is 0 Å². The highest BCUT2D eigenvalue weighted by atomic mass is 16.2. The Morgan fingerprint density at radius 2 is 1.67 bits per heavy atom. The van der Waals surface area contributed by atoms with Crippen molar-refractivity contribution < 1.29 is 9.59 Å². The second-order valence-corrected chi connectivity index (χ2v) is 5.89. The number of carbonyl (C=O) groups is 2. The number of rotatable bonds is 3. The third-order valence-corrected chi connectivity index (χ3v) is 3.88. The number of aromatic amines is 1. The Morgan fingerprint density at radius 1 is 0.958 bits per heavy atom. The van der Waals surface area contributed by atoms with Gasteiger partial charge in [-0.25, -0.2) is 0 Å². The van der Waals surface area contributed by atoms with Crippen LogP contribution in [0.3, 0.4) is 0 Å². The molecule has 0 radical (unpaired) electrons. The molecule has 0 aliphatic carbocycles.